The van der Waals surface area contributed by atoms with Gasteiger partial charge < -0.3 is 14.2 Å². The molecule has 0 aromatic heterocycles. The summed E-state index contributed by atoms with van der Waals surface area (Å²) in [6, 6.07) is 19.9. The number of rotatable bonds is 2. The number of benzene rings is 3. The first-order valence-electron chi connectivity index (χ1n) is 9.63. The van der Waals surface area contributed by atoms with Crippen LogP contribution in [0.25, 0.3) is 0 Å². The van der Waals surface area contributed by atoms with E-state index in [2.05, 4.69) is 28.1 Å². The molecule has 0 aliphatic carbocycles. The Morgan fingerprint density at radius 3 is 2.60 bits per heavy atom. The first-order chi connectivity index (χ1) is 14.7. The summed E-state index contributed by atoms with van der Waals surface area (Å²) < 4.78 is 18.4. The highest BCUT2D eigenvalue weighted by Crippen LogP contribution is 2.48. The summed E-state index contributed by atoms with van der Waals surface area (Å²) >= 11 is 9.81. The number of ether oxygens (including phenoxy) is 3. The molecule has 2 atom stereocenters. The van der Waals surface area contributed by atoms with E-state index < -0.39 is 0 Å². The molecule has 3 aliphatic rings. The van der Waals surface area contributed by atoms with Crippen molar-refractivity contribution in [3.05, 3.63) is 86.8 Å². The van der Waals surface area contributed by atoms with Crippen LogP contribution in [0.15, 0.2) is 70.2 Å². The van der Waals surface area contributed by atoms with Crippen LogP contribution in [0, 0.1) is 0 Å². The molecule has 3 heterocycles. The van der Waals surface area contributed by atoms with Gasteiger partial charge in [-0.2, -0.15) is 5.10 Å². The normalized spacial score (nSPS) is 21.0. The maximum atomic E-state index is 6.39. The molecule has 3 aliphatic heterocycles. The number of nitrogens with zero attached hydrogens (tertiary/aromatic N) is 2. The average molecular weight is 484 g/mol. The Morgan fingerprint density at radius 2 is 1.73 bits per heavy atom. The molecule has 0 saturated heterocycles. The van der Waals surface area contributed by atoms with Crippen LogP contribution >= 0.6 is 27.5 Å². The molecule has 30 heavy (non-hydrogen) atoms. The topological polar surface area (TPSA) is 43.3 Å². The molecule has 5 nitrogen and oxygen atoms in total. The fourth-order valence-corrected chi connectivity index (χ4v) is 4.60. The van der Waals surface area contributed by atoms with Crippen molar-refractivity contribution in [2.24, 2.45) is 5.10 Å². The minimum absolute atomic E-state index is 0.0431. The van der Waals surface area contributed by atoms with Crippen molar-refractivity contribution in [3.8, 4) is 17.2 Å². The SMILES string of the molecule is Clc1ccc2c(c1)[C@H]1CC(c3ccc4c(c3)OCO4)=NN1[C@H](c1ccc(Br)cc1)O2. The van der Waals surface area contributed by atoms with Crippen molar-refractivity contribution in [2.75, 3.05) is 6.79 Å². The van der Waals surface area contributed by atoms with Crippen LogP contribution in [0.3, 0.4) is 0 Å². The number of hydrazone groups is 1. The molecule has 6 rings (SSSR count). The third-order valence-electron chi connectivity index (χ3n) is 5.61. The lowest BCUT2D eigenvalue weighted by Gasteiger charge is -2.38. The van der Waals surface area contributed by atoms with Crippen LogP contribution in [0.5, 0.6) is 17.2 Å². The van der Waals surface area contributed by atoms with Crippen molar-refractivity contribution in [3.63, 3.8) is 0 Å². The lowest BCUT2D eigenvalue weighted by Crippen LogP contribution is -2.33. The second-order valence-corrected chi connectivity index (χ2v) is 8.77. The predicted octanol–water partition coefficient (Wildman–Crippen LogP) is 6.07. The van der Waals surface area contributed by atoms with Crippen molar-refractivity contribution in [1.29, 1.82) is 0 Å². The minimum atomic E-state index is -0.316. The second-order valence-electron chi connectivity index (χ2n) is 7.42. The van der Waals surface area contributed by atoms with E-state index in [9.17, 15) is 0 Å². The van der Waals surface area contributed by atoms with Gasteiger partial charge in [-0.05, 0) is 48.5 Å². The molecule has 0 fully saturated rings. The zero-order valence-corrected chi connectivity index (χ0v) is 18.1. The Morgan fingerprint density at radius 1 is 0.933 bits per heavy atom. The zero-order valence-electron chi connectivity index (χ0n) is 15.7. The Hall–Kier alpha value is -2.70. The quantitative estimate of drug-likeness (QED) is 0.443. The Bertz CT molecular complexity index is 1180. The third-order valence-corrected chi connectivity index (χ3v) is 6.38. The maximum Gasteiger partial charge on any atom is 0.231 e. The van der Waals surface area contributed by atoms with Crippen molar-refractivity contribution < 1.29 is 14.2 Å². The molecule has 0 N–H and O–H groups in total. The molecular weight excluding hydrogens is 468 g/mol. The van der Waals surface area contributed by atoms with E-state index >= 15 is 0 Å². The zero-order chi connectivity index (χ0) is 20.2. The van der Waals surface area contributed by atoms with Gasteiger partial charge in [-0.15, -0.1) is 0 Å². The van der Waals surface area contributed by atoms with Gasteiger partial charge in [0.1, 0.15) is 5.75 Å². The highest BCUT2D eigenvalue weighted by Gasteiger charge is 2.41. The van der Waals surface area contributed by atoms with Gasteiger partial charge in [0.2, 0.25) is 13.0 Å². The number of hydrogen-bond acceptors (Lipinski definition) is 5. The van der Waals surface area contributed by atoms with E-state index in [0.717, 1.165) is 50.5 Å². The first-order valence-corrected chi connectivity index (χ1v) is 10.8. The molecular formula is C23H16BrClN2O3. The predicted molar refractivity (Wildman–Crippen MR) is 117 cm³/mol. The fourth-order valence-electron chi connectivity index (χ4n) is 4.16. The summed E-state index contributed by atoms with van der Waals surface area (Å²) in [4.78, 5) is 0. The molecule has 0 bridgehead atoms. The third kappa shape index (κ3) is 2.94. The van der Waals surface area contributed by atoms with Crippen LogP contribution in [-0.4, -0.2) is 17.5 Å². The van der Waals surface area contributed by atoms with Crippen molar-refractivity contribution in [1.82, 2.24) is 5.01 Å². The molecule has 3 aromatic rings. The van der Waals surface area contributed by atoms with Gasteiger partial charge in [0.05, 0.1) is 11.8 Å². The maximum absolute atomic E-state index is 6.39. The fraction of sp³-hybridized carbons (Fsp3) is 0.174. The van der Waals surface area contributed by atoms with E-state index in [-0.39, 0.29) is 19.1 Å². The van der Waals surface area contributed by atoms with Crippen LogP contribution in [0.1, 0.15) is 35.4 Å². The summed E-state index contributed by atoms with van der Waals surface area (Å²) in [5.41, 5.74) is 4.10. The average Bonchev–Trinajstić information content (AvgIpc) is 3.41. The lowest BCUT2D eigenvalue weighted by atomic mass is 9.95. The van der Waals surface area contributed by atoms with E-state index in [1.54, 1.807) is 0 Å². The summed E-state index contributed by atoms with van der Waals surface area (Å²) in [5, 5.41) is 7.72. The Balaban J connectivity index is 1.43. The minimum Gasteiger partial charge on any atom is -0.464 e. The van der Waals surface area contributed by atoms with Crippen LogP contribution in [0.2, 0.25) is 5.02 Å². The summed E-state index contributed by atoms with van der Waals surface area (Å²) in [6.45, 7) is 0.255. The number of halogens is 2. The van der Waals surface area contributed by atoms with E-state index in [1.165, 1.54) is 0 Å². The molecule has 0 spiro atoms. The van der Waals surface area contributed by atoms with Crippen molar-refractivity contribution in [2.45, 2.75) is 18.7 Å². The summed E-state index contributed by atoms with van der Waals surface area (Å²) in [5.74, 6) is 2.36. The summed E-state index contributed by atoms with van der Waals surface area (Å²) in [6.07, 6.45) is 0.437. The summed E-state index contributed by atoms with van der Waals surface area (Å²) in [7, 11) is 0. The number of fused-ring (bicyclic) bond motifs is 4. The van der Waals surface area contributed by atoms with Gasteiger partial charge in [0, 0.05) is 32.6 Å². The highest BCUT2D eigenvalue weighted by atomic mass is 79.9. The van der Waals surface area contributed by atoms with Crippen LogP contribution in [0.4, 0.5) is 0 Å². The van der Waals surface area contributed by atoms with Gasteiger partial charge in [-0.1, -0.05) is 39.7 Å². The standard InChI is InChI=1S/C23H16BrClN2O3/c24-15-4-1-13(2-5-15)23-27-19(17-10-16(25)6-8-20(17)30-23)11-18(26-27)14-3-7-21-22(9-14)29-12-28-21/h1-10,19,23H,11-12H2/t19-,23+/m1/s1. The van der Waals surface area contributed by atoms with Gasteiger partial charge in [0.25, 0.3) is 0 Å². The molecule has 0 radical (unpaired) electrons. The van der Waals surface area contributed by atoms with Crippen LogP contribution in [-0.2, 0) is 0 Å². The lowest BCUT2D eigenvalue weighted by molar-refractivity contribution is -0.0190. The van der Waals surface area contributed by atoms with Gasteiger partial charge >= 0.3 is 0 Å². The van der Waals surface area contributed by atoms with E-state index in [0.29, 0.717) is 5.02 Å². The Kier molecular flexibility index (Phi) is 4.18. The molecule has 0 saturated carbocycles. The van der Waals surface area contributed by atoms with E-state index in [1.807, 2.05) is 53.5 Å². The molecule has 7 heteroatoms. The van der Waals surface area contributed by atoms with Crippen LogP contribution < -0.4 is 14.2 Å². The number of hydrogen-bond donors (Lipinski definition) is 0. The molecule has 150 valence electrons. The largest absolute Gasteiger partial charge is 0.464 e. The molecule has 3 aromatic carbocycles. The Labute approximate surface area is 186 Å². The second kappa shape index (κ2) is 6.93. The molecule has 0 unspecified atom stereocenters. The van der Waals surface area contributed by atoms with Crippen molar-refractivity contribution >= 4 is 33.2 Å². The smallest absolute Gasteiger partial charge is 0.231 e. The van der Waals surface area contributed by atoms with Gasteiger partial charge in [0.15, 0.2) is 11.5 Å². The highest BCUT2D eigenvalue weighted by molar-refractivity contribution is 9.10. The van der Waals surface area contributed by atoms with E-state index in [4.69, 9.17) is 30.9 Å². The molecule has 0 amide bonds. The van der Waals surface area contributed by atoms with Gasteiger partial charge in [-0.25, -0.2) is 5.01 Å². The monoisotopic (exact) mass is 482 g/mol. The van der Waals surface area contributed by atoms with Gasteiger partial charge in [-0.3, -0.25) is 0 Å². The first kappa shape index (κ1) is 18.1.